The van der Waals surface area contributed by atoms with Gasteiger partial charge in [0.05, 0.1) is 28.5 Å². The predicted octanol–water partition coefficient (Wildman–Crippen LogP) is 1.87. The highest BCUT2D eigenvalue weighted by atomic mass is 32.2. The molecular formula is C18H30N2O4S. The van der Waals surface area contributed by atoms with Gasteiger partial charge in [-0.15, -0.1) is 0 Å². The van der Waals surface area contributed by atoms with Gasteiger partial charge in [0, 0.05) is 25.3 Å². The van der Waals surface area contributed by atoms with Crippen LogP contribution in [0.2, 0.25) is 0 Å². The van der Waals surface area contributed by atoms with Crippen LogP contribution in [0.5, 0.6) is 0 Å². The minimum atomic E-state index is -3.44. The quantitative estimate of drug-likeness (QED) is 0.679. The van der Waals surface area contributed by atoms with Crippen molar-refractivity contribution in [1.82, 2.24) is 0 Å². The van der Waals surface area contributed by atoms with Crippen LogP contribution in [0.1, 0.15) is 33.6 Å². The molecule has 6 nitrogen and oxygen atoms in total. The van der Waals surface area contributed by atoms with Crippen molar-refractivity contribution in [3.05, 3.63) is 18.2 Å². The fraction of sp³-hybridized carbons (Fsp3) is 0.667. The molecule has 0 saturated carbocycles. The number of nitrogens with zero attached hydrogens (tertiary/aromatic N) is 1. The van der Waals surface area contributed by atoms with Crippen LogP contribution in [-0.2, 0) is 9.84 Å². The van der Waals surface area contributed by atoms with Gasteiger partial charge in [0.25, 0.3) is 0 Å². The largest absolute Gasteiger partial charge is 0.394 e. The van der Waals surface area contributed by atoms with E-state index in [1.165, 1.54) is 0 Å². The van der Waals surface area contributed by atoms with Crippen LogP contribution in [-0.4, -0.2) is 56.2 Å². The lowest BCUT2D eigenvalue weighted by Crippen LogP contribution is -2.33. The summed E-state index contributed by atoms with van der Waals surface area (Å²) < 4.78 is 25.3. The van der Waals surface area contributed by atoms with Gasteiger partial charge in [0.15, 0.2) is 9.84 Å². The van der Waals surface area contributed by atoms with E-state index in [0.29, 0.717) is 11.6 Å². The van der Waals surface area contributed by atoms with E-state index in [-0.39, 0.29) is 18.0 Å². The predicted molar refractivity (Wildman–Crippen MR) is 101 cm³/mol. The highest BCUT2D eigenvalue weighted by Crippen LogP contribution is 2.31. The van der Waals surface area contributed by atoms with Crippen molar-refractivity contribution in [2.75, 3.05) is 36.5 Å². The van der Waals surface area contributed by atoms with Crippen molar-refractivity contribution in [3.8, 4) is 0 Å². The molecule has 1 aromatic rings. The molecule has 1 unspecified atom stereocenters. The summed E-state index contributed by atoms with van der Waals surface area (Å²) in [7, 11) is -3.44. The fourth-order valence-electron chi connectivity index (χ4n) is 2.91. The van der Waals surface area contributed by atoms with Gasteiger partial charge < -0.3 is 20.4 Å². The third kappa shape index (κ3) is 4.86. The summed E-state index contributed by atoms with van der Waals surface area (Å²) in [5.41, 5.74) is 1.47. The number of piperidine rings is 1. The van der Waals surface area contributed by atoms with Crippen LogP contribution in [0.15, 0.2) is 23.1 Å². The Kier molecular flexibility index (Phi) is 6.71. The molecule has 1 aliphatic heterocycles. The summed E-state index contributed by atoms with van der Waals surface area (Å²) in [4.78, 5) is 2.50. The van der Waals surface area contributed by atoms with E-state index in [9.17, 15) is 13.5 Å². The van der Waals surface area contributed by atoms with Gasteiger partial charge in [0.1, 0.15) is 0 Å². The number of aliphatic hydroxyl groups excluding tert-OH is 2. The van der Waals surface area contributed by atoms with Crippen molar-refractivity contribution in [1.29, 1.82) is 0 Å². The zero-order chi connectivity index (χ0) is 18.6. The Morgan fingerprint density at radius 1 is 1.28 bits per heavy atom. The van der Waals surface area contributed by atoms with Gasteiger partial charge in [-0.05, 0) is 50.8 Å². The van der Waals surface area contributed by atoms with E-state index < -0.39 is 21.2 Å². The van der Waals surface area contributed by atoms with E-state index >= 15 is 0 Å². The van der Waals surface area contributed by atoms with Gasteiger partial charge in [-0.2, -0.15) is 0 Å². The van der Waals surface area contributed by atoms with Gasteiger partial charge in [-0.1, -0.05) is 6.92 Å². The zero-order valence-electron chi connectivity index (χ0n) is 15.3. The van der Waals surface area contributed by atoms with Gasteiger partial charge >= 0.3 is 0 Å². The number of anilines is 2. The number of sulfone groups is 1. The molecule has 0 radical (unpaired) electrons. The number of hydrogen-bond acceptors (Lipinski definition) is 6. The van der Waals surface area contributed by atoms with Crippen LogP contribution < -0.4 is 10.2 Å². The molecule has 7 heteroatoms. The lowest BCUT2D eigenvalue weighted by atomic mass is 9.99. The molecular weight excluding hydrogens is 340 g/mol. The highest BCUT2D eigenvalue weighted by Gasteiger charge is 2.24. The molecule has 142 valence electrons. The first kappa shape index (κ1) is 20.0. The van der Waals surface area contributed by atoms with Crippen molar-refractivity contribution >= 4 is 21.2 Å². The minimum Gasteiger partial charge on any atom is -0.394 e. The highest BCUT2D eigenvalue weighted by molar-refractivity contribution is 7.92. The van der Waals surface area contributed by atoms with Crippen molar-refractivity contribution in [3.63, 3.8) is 0 Å². The summed E-state index contributed by atoms with van der Waals surface area (Å²) >= 11 is 0. The Hall–Kier alpha value is -1.31. The SMILES string of the molecule is CC1CCN(c2ccc(S(=O)(=O)C(C)C)c(NCC(O)CO)c2)CC1. The maximum atomic E-state index is 12.6. The Bertz CT molecular complexity index is 668. The summed E-state index contributed by atoms with van der Waals surface area (Å²) in [5.74, 6) is 0.717. The van der Waals surface area contributed by atoms with Crippen LogP contribution in [0, 0.1) is 5.92 Å². The topological polar surface area (TPSA) is 89.9 Å². The van der Waals surface area contributed by atoms with Gasteiger partial charge in [-0.3, -0.25) is 0 Å². The van der Waals surface area contributed by atoms with Gasteiger partial charge in [0.2, 0.25) is 0 Å². The van der Waals surface area contributed by atoms with Crippen molar-refractivity contribution in [2.45, 2.75) is 49.9 Å². The van der Waals surface area contributed by atoms with Crippen LogP contribution in [0.3, 0.4) is 0 Å². The molecule has 2 rings (SSSR count). The second-order valence-corrected chi connectivity index (χ2v) is 9.63. The third-order valence-corrected chi connectivity index (χ3v) is 6.99. The molecule has 1 aromatic carbocycles. The molecule has 1 aliphatic rings. The van der Waals surface area contributed by atoms with E-state index in [1.807, 2.05) is 12.1 Å². The Morgan fingerprint density at radius 2 is 1.92 bits per heavy atom. The normalized spacial score (nSPS) is 17.8. The lowest BCUT2D eigenvalue weighted by molar-refractivity contribution is 0.105. The summed E-state index contributed by atoms with van der Waals surface area (Å²) in [6, 6.07) is 5.35. The molecule has 3 N–H and O–H groups in total. The number of nitrogens with one attached hydrogen (secondary N) is 1. The van der Waals surface area contributed by atoms with E-state index in [0.717, 1.165) is 31.6 Å². The maximum absolute atomic E-state index is 12.6. The molecule has 0 aliphatic carbocycles. The zero-order valence-corrected chi connectivity index (χ0v) is 16.1. The standard InChI is InChI=1S/C18H30N2O4S/c1-13(2)25(23,24)18-5-4-15(20-8-6-14(3)7-9-20)10-17(18)19-11-16(22)12-21/h4-5,10,13-14,16,19,21-22H,6-9,11-12H2,1-3H3. The number of aliphatic hydroxyl groups is 2. The Balaban J connectivity index is 2.33. The van der Waals surface area contributed by atoms with Gasteiger partial charge in [-0.25, -0.2) is 8.42 Å². The molecule has 1 atom stereocenters. The smallest absolute Gasteiger partial charge is 0.182 e. The molecule has 1 heterocycles. The molecule has 1 fully saturated rings. The Morgan fingerprint density at radius 3 is 2.48 bits per heavy atom. The molecule has 0 bridgehead atoms. The van der Waals surface area contributed by atoms with Crippen LogP contribution in [0.25, 0.3) is 0 Å². The van der Waals surface area contributed by atoms with Crippen molar-refractivity contribution in [2.24, 2.45) is 5.92 Å². The molecule has 0 aromatic heterocycles. The summed E-state index contributed by atoms with van der Waals surface area (Å²) in [6.07, 6.45) is 1.31. The Labute approximate surface area is 150 Å². The first-order chi connectivity index (χ1) is 11.8. The van der Waals surface area contributed by atoms with Crippen LogP contribution >= 0.6 is 0 Å². The number of rotatable bonds is 7. The van der Waals surface area contributed by atoms with E-state index in [2.05, 4.69) is 17.1 Å². The first-order valence-electron chi connectivity index (χ1n) is 8.91. The molecule has 0 amide bonds. The summed E-state index contributed by atoms with van der Waals surface area (Å²) in [6.45, 7) is 7.19. The average Bonchev–Trinajstić information content (AvgIpc) is 2.59. The third-order valence-electron chi connectivity index (χ3n) is 4.78. The second-order valence-electron chi connectivity index (χ2n) is 7.16. The number of benzene rings is 1. The molecule has 1 saturated heterocycles. The monoisotopic (exact) mass is 370 g/mol. The van der Waals surface area contributed by atoms with E-state index in [4.69, 9.17) is 5.11 Å². The first-order valence-corrected chi connectivity index (χ1v) is 10.5. The average molecular weight is 371 g/mol. The second kappa shape index (κ2) is 8.38. The summed E-state index contributed by atoms with van der Waals surface area (Å²) in [5, 5.41) is 21.1. The maximum Gasteiger partial charge on any atom is 0.182 e. The minimum absolute atomic E-state index is 0.0948. The molecule has 0 spiro atoms. The van der Waals surface area contributed by atoms with E-state index in [1.54, 1.807) is 19.9 Å². The van der Waals surface area contributed by atoms with Crippen LogP contribution in [0.4, 0.5) is 11.4 Å². The fourth-order valence-corrected chi connectivity index (χ4v) is 4.12. The van der Waals surface area contributed by atoms with Crippen molar-refractivity contribution < 1.29 is 18.6 Å². The lowest BCUT2D eigenvalue weighted by Gasteiger charge is -2.32. The number of hydrogen-bond donors (Lipinski definition) is 3. The molecule has 25 heavy (non-hydrogen) atoms.